The number of amidine groups is 1. The number of nitrogens with one attached hydrogen (secondary N) is 3. The number of hydrogen-bond donors (Lipinski definition) is 5. The van der Waals surface area contributed by atoms with Gasteiger partial charge in [-0.25, -0.2) is 0 Å². The lowest BCUT2D eigenvalue weighted by molar-refractivity contribution is -0.121. The van der Waals surface area contributed by atoms with Crippen molar-refractivity contribution in [2.75, 3.05) is 18.4 Å². The number of aliphatic imine (C=N–C) groups is 1. The third kappa shape index (κ3) is 7.79. The molecule has 0 saturated heterocycles. The first kappa shape index (κ1) is 26.7. The molecule has 0 radical (unpaired) electrons. The summed E-state index contributed by atoms with van der Waals surface area (Å²) in [4.78, 5) is 40.8. The summed E-state index contributed by atoms with van der Waals surface area (Å²) in [5.74, 6) is -0.487. The van der Waals surface area contributed by atoms with Gasteiger partial charge in [-0.2, -0.15) is 0 Å². The molecule has 0 spiro atoms. The third-order valence-corrected chi connectivity index (χ3v) is 6.41. The number of aldehydes is 1. The van der Waals surface area contributed by atoms with Crippen LogP contribution in [-0.4, -0.2) is 47.2 Å². The van der Waals surface area contributed by atoms with Gasteiger partial charge in [-0.05, 0) is 53.0 Å². The van der Waals surface area contributed by atoms with Gasteiger partial charge in [-0.3, -0.25) is 14.6 Å². The molecule has 0 bridgehead atoms. The summed E-state index contributed by atoms with van der Waals surface area (Å²) in [6, 6.07) is 6.84. The van der Waals surface area contributed by atoms with E-state index in [1.807, 2.05) is 0 Å². The molecule has 3 rings (SSSR count). The van der Waals surface area contributed by atoms with Gasteiger partial charge in [0.1, 0.15) is 23.6 Å². The minimum atomic E-state index is -0.789. The highest BCUT2D eigenvalue weighted by Gasteiger charge is 2.21. The second-order valence-corrected chi connectivity index (χ2v) is 9.83. The van der Waals surface area contributed by atoms with Crippen LogP contribution < -0.4 is 16.0 Å². The summed E-state index contributed by atoms with van der Waals surface area (Å²) in [6.07, 6.45) is 4.53. The molecule has 0 aliphatic carbocycles. The molecule has 0 fully saturated rings. The van der Waals surface area contributed by atoms with Crippen molar-refractivity contribution >= 4 is 61.5 Å². The Bertz CT molecular complexity index is 1140. The average Bonchev–Trinajstić information content (AvgIpc) is 3.08. The van der Waals surface area contributed by atoms with Gasteiger partial charge in [0.25, 0.3) is 5.91 Å². The molecule has 1 aliphatic rings. The predicted octanol–water partition coefficient (Wildman–Crippen LogP) is 4.18. The van der Waals surface area contributed by atoms with E-state index in [0.29, 0.717) is 26.5 Å². The van der Waals surface area contributed by atoms with Crippen molar-refractivity contribution in [1.29, 1.82) is 0 Å². The standard InChI is InChI=1S/C24H26Br2N4O5/c25-15-10-18(23(34)19(26)11-15)20(5-7-31)30-22(33)13-28-24(35)14-8-16(12-17(32)9-14)29-21-4-2-1-3-6-27-21/h7-12,20,32,34H,1-6,13H2,(H,27,29)(H,28,35)(H,30,33)/t20-/m1/s1. The molecule has 5 N–H and O–H groups in total. The molecule has 1 aliphatic heterocycles. The smallest absolute Gasteiger partial charge is 0.251 e. The van der Waals surface area contributed by atoms with Gasteiger partial charge in [0.2, 0.25) is 5.91 Å². The Hall–Kier alpha value is -2.92. The second-order valence-electron chi connectivity index (χ2n) is 8.06. The van der Waals surface area contributed by atoms with Crippen molar-refractivity contribution in [3.63, 3.8) is 0 Å². The fourth-order valence-electron chi connectivity index (χ4n) is 3.68. The Kier molecular flexibility index (Phi) is 9.67. The van der Waals surface area contributed by atoms with Gasteiger partial charge >= 0.3 is 0 Å². The number of aromatic hydroxyl groups is 2. The van der Waals surface area contributed by atoms with E-state index in [1.165, 1.54) is 12.1 Å². The summed E-state index contributed by atoms with van der Waals surface area (Å²) >= 11 is 6.56. The van der Waals surface area contributed by atoms with Crippen LogP contribution in [0.25, 0.3) is 0 Å². The zero-order valence-electron chi connectivity index (χ0n) is 18.8. The fraction of sp³-hybridized carbons (Fsp3) is 0.333. The van der Waals surface area contributed by atoms with Crippen molar-refractivity contribution in [3.05, 3.63) is 50.4 Å². The maximum absolute atomic E-state index is 12.7. The number of anilines is 1. The number of nitrogens with zero attached hydrogens (tertiary/aromatic N) is 1. The number of halogens is 2. The van der Waals surface area contributed by atoms with E-state index in [1.54, 1.807) is 18.2 Å². The van der Waals surface area contributed by atoms with E-state index < -0.39 is 17.9 Å². The number of carbonyl (C=O) groups is 3. The number of phenols is 2. The molecule has 2 aromatic carbocycles. The highest BCUT2D eigenvalue weighted by atomic mass is 79.9. The van der Waals surface area contributed by atoms with E-state index in [2.05, 4.69) is 52.8 Å². The fourth-order valence-corrected chi connectivity index (χ4v) is 4.93. The van der Waals surface area contributed by atoms with Crippen molar-refractivity contribution in [2.24, 2.45) is 4.99 Å². The van der Waals surface area contributed by atoms with Crippen LogP contribution in [0.5, 0.6) is 11.5 Å². The number of rotatable bonds is 8. The van der Waals surface area contributed by atoms with Gasteiger partial charge in [0.15, 0.2) is 0 Å². The first-order chi connectivity index (χ1) is 16.8. The van der Waals surface area contributed by atoms with Crippen LogP contribution in [-0.2, 0) is 9.59 Å². The summed E-state index contributed by atoms with van der Waals surface area (Å²) in [6.45, 7) is 0.374. The monoisotopic (exact) mass is 608 g/mol. The highest BCUT2D eigenvalue weighted by Crippen LogP contribution is 2.36. The van der Waals surface area contributed by atoms with Crippen LogP contribution in [0, 0.1) is 0 Å². The maximum atomic E-state index is 12.7. The van der Waals surface area contributed by atoms with E-state index in [9.17, 15) is 24.6 Å². The topological polar surface area (TPSA) is 140 Å². The van der Waals surface area contributed by atoms with Crippen molar-refractivity contribution < 1.29 is 24.6 Å². The summed E-state index contributed by atoms with van der Waals surface area (Å²) in [5, 5.41) is 28.7. The number of amides is 2. The lowest BCUT2D eigenvalue weighted by Crippen LogP contribution is -2.38. The van der Waals surface area contributed by atoms with E-state index in [4.69, 9.17) is 0 Å². The quantitative estimate of drug-likeness (QED) is 0.284. The molecular formula is C24H26Br2N4O5. The molecule has 9 nitrogen and oxygen atoms in total. The van der Waals surface area contributed by atoms with Gasteiger partial charge < -0.3 is 31.0 Å². The molecule has 1 atom stereocenters. The van der Waals surface area contributed by atoms with Crippen LogP contribution in [0.2, 0.25) is 0 Å². The molecule has 0 aromatic heterocycles. The van der Waals surface area contributed by atoms with E-state index in [-0.39, 0.29) is 30.0 Å². The Labute approximate surface area is 219 Å². The molecular weight excluding hydrogens is 584 g/mol. The molecule has 0 saturated carbocycles. The average molecular weight is 610 g/mol. The Morgan fingerprint density at radius 3 is 2.66 bits per heavy atom. The lowest BCUT2D eigenvalue weighted by Gasteiger charge is -2.19. The number of phenolic OH excluding ortho intramolecular Hbond substituents is 2. The maximum Gasteiger partial charge on any atom is 0.251 e. The SMILES string of the molecule is O=CC[C@@H](NC(=O)CNC(=O)c1cc(O)cc(NC2=NCCCCC2)c1)c1cc(Br)cc(Br)c1O. The zero-order chi connectivity index (χ0) is 25.4. The van der Waals surface area contributed by atoms with Crippen LogP contribution in [0.15, 0.2) is 44.3 Å². The summed E-state index contributed by atoms with van der Waals surface area (Å²) < 4.78 is 1.06. The minimum Gasteiger partial charge on any atom is -0.508 e. The molecule has 0 unspecified atom stereocenters. The van der Waals surface area contributed by atoms with Crippen molar-refractivity contribution in [3.8, 4) is 11.5 Å². The predicted molar refractivity (Wildman–Crippen MR) is 140 cm³/mol. The minimum absolute atomic E-state index is 0.0678. The number of benzene rings is 2. The first-order valence-corrected chi connectivity index (χ1v) is 12.7. The third-order valence-electron chi connectivity index (χ3n) is 5.35. The number of hydrogen-bond acceptors (Lipinski definition) is 7. The molecule has 35 heavy (non-hydrogen) atoms. The molecule has 1 heterocycles. The molecule has 11 heteroatoms. The summed E-state index contributed by atoms with van der Waals surface area (Å²) in [7, 11) is 0. The Balaban J connectivity index is 1.64. The number of carbonyl (C=O) groups excluding carboxylic acids is 3. The van der Waals surface area contributed by atoms with Gasteiger partial charge in [-0.1, -0.05) is 22.4 Å². The Morgan fingerprint density at radius 1 is 1.09 bits per heavy atom. The van der Waals surface area contributed by atoms with Crippen LogP contribution in [0.3, 0.4) is 0 Å². The lowest BCUT2D eigenvalue weighted by atomic mass is 10.0. The van der Waals surface area contributed by atoms with E-state index in [0.717, 1.165) is 38.1 Å². The van der Waals surface area contributed by atoms with Crippen molar-refractivity contribution in [1.82, 2.24) is 10.6 Å². The van der Waals surface area contributed by atoms with Crippen LogP contribution in [0.1, 0.15) is 54.1 Å². The normalized spacial score (nSPS) is 14.3. The van der Waals surface area contributed by atoms with Gasteiger partial charge in [0, 0.05) is 46.7 Å². The van der Waals surface area contributed by atoms with Crippen LogP contribution >= 0.6 is 31.9 Å². The molecule has 186 valence electrons. The second kappa shape index (κ2) is 12.7. The summed E-state index contributed by atoms with van der Waals surface area (Å²) in [5.41, 5.74) is 1.05. The van der Waals surface area contributed by atoms with Gasteiger partial charge in [0.05, 0.1) is 17.1 Å². The van der Waals surface area contributed by atoms with E-state index >= 15 is 0 Å². The Morgan fingerprint density at radius 2 is 1.89 bits per heavy atom. The van der Waals surface area contributed by atoms with Crippen LogP contribution in [0.4, 0.5) is 5.69 Å². The van der Waals surface area contributed by atoms with Crippen molar-refractivity contribution in [2.45, 2.75) is 38.1 Å². The molecule has 2 amide bonds. The molecule has 2 aromatic rings. The first-order valence-electron chi connectivity index (χ1n) is 11.1. The zero-order valence-corrected chi connectivity index (χ0v) is 22.0. The largest absolute Gasteiger partial charge is 0.508 e. The van der Waals surface area contributed by atoms with Gasteiger partial charge in [-0.15, -0.1) is 0 Å². The highest BCUT2D eigenvalue weighted by molar-refractivity contribution is 9.11.